The van der Waals surface area contributed by atoms with Crippen LogP contribution < -0.4 is 20.5 Å². The average molecular weight is 446 g/mol. The van der Waals surface area contributed by atoms with Gasteiger partial charge in [-0.2, -0.15) is 0 Å². The fourth-order valence-corrected chi connectivity index (χ4v) is 3.02. The molecule has 7 nitrogen and oxygen atoms in total. The third-order valence-electron chi connectivity index (χ3n) is 4.18. The highest BCUT2D eigenvalue weighted by Crippen LogP contribution is 2.25. The molecule has 2 N–H and O–H groups in total. The zero-order valence-corrected chi connectivity index (χ0v) is 16.9. The minimum Gasteiger partial charge on any atom is -0.494 e. The van der Waals surface area contributed by atoms with Gasteiger partial charge in [0.2, 0.25) is 5.91 Å². The first-order chi connectivity index (χ1) is 13.5. The number of halogens is 1. The van der Waals surface area contributed by atoms with E-state index in [0.717, 1.165) is 15.8 Å². The molecule has 0 aliphatic carbocycles. The molecule has 1 aliphatic rings. The summed E-state index contributed by atoms with van der Waals surface area (Å²) in [6.07, 6.45) is 0.859. The van der Waals surface area contributed by atoms with Crippen LogP contribution in [0, 0.1) is 0 Å². The smallest absolute Gasteiger partial charge is 0.265 e. The Morgan fingerprint density at radius 2 is 1.82 bits per heavy atom. The molecule has 28 heavy (non-hydrogen) atoms. The Hall–Kier alpha value is -2.71. The first kappa shape index (κ1) is 20.0. The fraction of sp³-hybridized carbons (Fsp3) is 0.250. The maximum atomic E-state index is 12.6. The number of carbonyl (C=O) groups is 3. The van der Waals surface area contributed by atoms with Crippen molar-refractivity contribution in [3.05, 3.63) is 58.6 Å². The Labute approximate surface area is 171 Å². The van der Waals surface area contributed by atoms with Crippen LogP contribution in [0.4, 0.5) is 5.69 Å². The lowest BCUT2D eigenvalue weighted by molar-refractivity contribution is -0.121. The SMILES string of the molecule is CCCOc1ccc(N2C(=O)C[C@H](NNC(=O)c3ccc(Br)cc3)C2=O)cc1. The highest BCUT2D eigenvalue weighted by Gasteiger charge is 2.39. The minimum absolute atomic E-state index is 0.0342. The first-order valence-electron chi connectivity index (χ1n) is 8.90. The van der Waals surface area contributed by atoms with E-state index in [-0.39, 0.29) is 18.2 Å². The normalized spacial score (nSPS) is 16.4. The van der Waals surface area contributed by atoms with E-state index >= 15 is 0 Å². The van der Waals surface area contributed by atoms with E-state index in [1.54, 1.807) is 48.5 Å². The zero-order valence-electron chi connectivity index (χ0n) is 15.3. The van der Waals surface area contributed by atoms with Gasteiger partial charge in [0.15, 0.2) is 0 Å². The molecule has 3 amide bonds. The molecule has 1 saturated heterocycles. The van der Waals surface area contributed by atoms with Crippen LogP contribution in [-0.2, 0) is 9.59 Å². The second-order valence-electron chi connectivity index (χ2n) is 6.27. The van der Waals surface area contributed by atoms with E-state index in [2.05, 4.69) is 26.8 Å². The number of amides is 3. The molecule has 0 spiro atoms. The summed E-state index contributed by atoms with van der Waals surface area (Å²) in [4.78, 5) is 38.2. The van der Waals surface area contributed by atoms with Crippen LogP contribution in [0.5, 0.6) is 5.75 Å². The van der Waals surface area contributed by atoms with Crippen molar-refractivity contribution >= 4 is 39.3 Å². The molecule has 0 saturated carbocycles. The van der Waals surface area contributed by atoms with Crippen molar-refractivity contribution in [1.82, 2.24) is 10.9 Å². The number of nitrogens with zero attached hydrogens (tertiary/aromatic N) is 1. The van der Waals surface area contributed by atoms with Crippen LogP contribution >= 0.6 is 15.9 Å². The van der Waals surface area contributed by atoms with Gasteiger partial charge in [0, 0.05) is 10.0 Å². The molecule has 0 unspecified atom stereocenters. The van der Waals surface area contributed by atoms with Gasteiger partial charge >= 0.3 is 0 Å². The van der Waals surface area contributed by atoms with Crippen molar-refractivity contribution in [2.45, 2.75) is 25.8 Å². The summed E-state index contributed by atoms with van der Waals surface area (Å²) >= 11 is 3.30. The van der Waals surface area contributed by atoms with E-state index in [1.807, 2.05) is 6.92 Å². The standard InChI is InChI=1S/C20H20BrN3O4/c1-2-11-28-16-9-7-15(8-10-16)24-18(25)12-17(20(24)27)22-23-19(26)13-3-5-14(21)6-4-13/h3-10,17,22H,2,11-12H2,1H3,(H,23,26)/t17-/m0/s1. The minimum atomic E-state index is -0.817. The lowest BCUT2D eigenvalue weighted by Crippen LogP contribution is -2.48. The molecule has 146 valence electrons. The van der Waals surface area contributed by atoms with Crippen LogP contribution in [-0.4, -0.2) is 30.4 Å². The molecule has 0 aromatic heterocycles. The number of benzene rings is 2. The summed E-state index contributed by atoms with van der Waals surface area (Å²) in [5.74, 6) is -0.448. The highest BCUT2D eigenvalue weighted by molar-refractivity contribution is 9.10. The molecule has 2 aromatic carbocycles. The predicted octanol–water partition coefficient (Wildman–Crippen LogP) is 2.80. The number of carbonyl (C=O) groups excluding carboxylic acids is 3. The Morgan fingerprint density at radius 3 is 2.46 bits per heavy atom. The summed E-state index contributed by atoms with van der Waals surface area (Å²) in [5.41, 5.74) is 6.07. The van der Waals surface area contributed by atoms with Crippen LogP contribution in [0.15, 0.2) is 53.0 Å². The lowest BCUT2D eigenvalue weighted by Gasteiger charge is -2.16. The summed E-state index contributed by atoms with van der Waals surface area (Å²) in [7, 11) is 0. The van der Waals surface area contributed by atoms with Crippen molar-refractivity contribution < 1.29 is 19.1 Å². The van der Waals surface area contributed by atoms with Crippen molar-refractivity contribution in [2.75, 3.05) is 11.5 Å². The molecular weight excluding hydrogens is 426 g/mol. The van der Waals surface area contributed by atoms with E-state index in [4.69, 9.17) is 4.74 Å². The number of hydrogen-bond acceptors (Lipinski definition) is 5. The highest BCUT2D eigenvalue weighted by atomic mass is 79.9. The molecule has 3 rings (SSSR count). The third kappa shape index (κ3) is 4.58. The molecule has 1 aliphatic heterocycles. The van der Waals surface area contributed by atoms with E-state index < -0.39 is 11.9 Å². The van der Waals surface area contributed by atoms with Crippen molar-refractivity contribution in [1.29, 1.82) is 0 Å². The van der Waals surface area contributed by atoms with Crippen LogP contribution in [0.1, 0.15) is 30.1 Å². The van der Waals surface area contributed by atoms with E-state index in [1.165, 1.54) is 0 Å². The zero-order chi connectivity index (χ0) is 20.1. The van der Waals surface area contributed by atoms with Crippen LogP contribution in [0.2, 0.25) is 0 Å². The molecule has 8 heteroatoms. The summed E-state index contributed by atoms with van der Waals surface area (Å²) in [6, 6.07) is 12.8. The number of anilines is 1. The van der Waals surface area contributed by atoms with Crippen molar-refractivity contribution in [3.8, 4) is 5.75 Å². The van der Waals surface area contributed by atoms with E-state index in [0.29, 0.717) is 23.6 Å². The number of hydrogen-bond donors (Lipinski definition) is 2. The first-order valence-corrected chi connectivity index (χ1v) is 9.70. The molecule has 2 aromatic rings. The van der Waals surface area contributed by atoms with Gasteiger partial charge in [-0.05, 0) is 55.0 Å². The Balaban J connectivity index is 1.61. The Bertz CT molecular complexity index is 868. The van der Waals surface area contributed by atoms with Gasteiger partial charge in [-0.1, -0.05) is 22.9 Å². The van der Waals surface area contributed by atoms with Gasteiger partial charge in [-0.3, -0.25) is 19.8 Å². The van der Waals surface area contributed by atoms with Crippen molar-refractivity contribution in [2.24, 2.45) is 0 Å². The number of ether oxygens (including phenoxy) is 1. The van der Waals surface area contributed by atoms with Gasteiger partial charge < -0.3 is 4.74 Å². The molecule has 0 bridgehead atoms. The predicted molar refractivity (Wildman–Crippen MR) is 108 cm³/mol. The second kappa shape index (κ2) is 8.99. The van der Waals surface area contributed by atoms with Gasteiger partial charge in [-0.25, -0.2) is 10.3 Å². The van der Waals surface area contributed by atoms with Gasteiger partial charge in [0.05, 0.1) is 18.7 Å². The quantitative estimate of drug-likeness (QED) is 0.505. The van der Waals surface area contributed by atoms with Gasteiger partial charge in [0.1, 0.15) is 11.8 Å². The summed E-state index contributed by atoms with van der Waals surface area (Å²) < 4.78 is 6.37. The van der Waals surface area contributed by atoms with Crippen molar-refractivity contribution in [3.63, 3.8) is 0 Å². The number of rotatable bonds is 7. The fourth-order valence-electron chi connectivity index (χ4n) is 2.75. The number of imide groups is 1. The molecule has 1 atom stereocenters. The number of nitrogens with one attached hydrogen (secondary N) is 2. The Kier molecular flexibility index (Phi) is 6.43. The Morgan fingerprint density at radius 1 is 1.14 bits per heavy atom. The summed E-state index contributed by atoms with van der Waals surface area (Å²) in [6.45, 7) is 2.61. The largest absolute Gasteiger partial charge is 0.494 e. The molecular formula is C20H20BrN3O4. The summed E-state index contributed by atoms with van der Waals surface area (Å²) in [5, 5.41) is 0. The molecule has 0 radical (unpaired) electrons. The van der Waals surface area contributed by atoms with Crippen LogP contribution in [0.25, 0.3) is 0 Å². The lowest BCUT2D eigenvalue weighted by atomic mass is 10.2. The monoisotopic (exact) mass is 445 g/mol. The maximum absolute atomic E-state index is 12.6. The topological polar surface area (TPSA) is 87.7 Å². The molecule has 1 fully saturated rings. The second-order valence-corrected chi connectivity index (χ2v) is 7.19. The van der Waals surface area contributed by atoms with Gasteiger partial charge in [-0.15, -0.1) is 0 Å². The average Bonchev–Trinajstić information content (AvgIpc) is 2.99. The number of hydrazine groups is 1. The van der Waals surface area contributed by atoms with E-state index in [9.17, 15) is 14.4 Å². The third-order valence-corrected chi connectivity index (χ3v) is 4.71. The molecule has 1 heterocycles. The maximum Gasteiger partial charge on any atom is 0.265 e. The van der Waals surface area contributed by atoms with Crippen LogP contribution in [0.3, 0.4) is 0 Å². The van der Waals surface area contributed by atoms with Gasteiger partial charge in [0.25, 0.3) is 11.8 Å².